The van der Waals surface area contributed by atoms with Gasteiger partial charge in [0.25, 0.3) is 0 Å². The van der Waals surface area contributed by atoms with E-state index in [1.54, 1.807) is 13.2 Å². The van der Waals surface area contributed by atoms with Crippen molar-refractivity contribution in [2.45, 2.75) is 19.4 Å². The van der Waals surface area contributed by atoms with Gasteiger partial charge in [-0.15, -0.1) is 0 Å². The molecule has 2 heterocycles. The summed E-state index contributed by atoms with van der Waals surface area (Å²) >= 11 is 0. The van der Waals surface area contributed by atoms with Gasteiger partial charge < -0.3 is 24.7 Å². The van der Waals surface area contributed by atoms with Crippen LogP contribution >= 0.6 is 0 Å². The Hall–Kier alpha value is -2.70. The quantitative estimate of drug-likeness (QED) is 0.456. The second-order valence-electron chi connectivity index (χ2n) is 5.52. The molecule has 2 N–H and O–H groups in total. The van der Waals surface area contributed by atoms with E-state index >= 15 is 0 Å². The Morgan fingerprint density at radius 1 is 1.25 bits per heavy atom. The average molecular weight is 329 g/mol. The summed E-state index contributed by atoms with van der Waals surface area (Å²) in [4.78, 5) is 8.28. The third-order valence-corrected chi connectivity index (χ3v) is 3.81. The van der Waals surface area contributed by atoms with Crippen molar-refractivity contribution < 1.29 is 9.47 Å². The van der Waals surface area contributed by atoms with Crippen molar-refractivity contribution in [3.05, 3.63) is 42.5 Å². The third-order valence-electron chi connectivity index (χ3n) is 3.81. The molecule has 2 aromatic rings. The van der Waals surface area contributed by atoms with Crippen LogP contribution < -0.4 is 20.1 Å². The van der Waals surface area contributed by atoms with Crippen molar-refractivity contribution in [3.8, 4) is 11.5 Å². The minimum Gasteiger partial charge on any atom is -0.454 e. The standard InChI is InChI=1S/C17H23N5O2/c1-18-17(20-6-2-9-22-10-8-19-12-22)21-7-5-14-3-4-15-16(11-14)24-13-23-15/h3-4,8,10-12H,2,5-7,9,13H2,1H3,(H2,18,20,21). The number of aryl methyl sites for hydroxylation is 1. The van der Waals surface area contributed by atoms with Crippen LogP contribution in [0, 0.1) is 0 Å². The molecule has 1 aliphatic rings. The van der Waals surface area contributed by atoms with E-state index in [-0.39, 0.29) is 0 Å². The van der Waals surface area contributed by atoms with Crippen LogP contribution in [0.15, 0.2) is 41.9 Å². The zero-order chi connectivity index (χ0) is 16.6. The maximum absolute atomic E-state index is 5.40. The first kappa shape index (κ1) is 16.2. The first-order valence-corrected chi connectivity index (χ1v) is 8.14. The van der Waals surface area contributed by atoms with Crippen LogP contribution in [-0.2, 0) is 13.0 Å². The highest BCUT2D eigenvalue weighted by Gasteiger charge is 2.12. The molecule has 0 amide bonds. The van der Waals surface area contributed by atoms with Crippen LogP contribution in [0.1, 0.15) is 12.0 Å². The van der Waals surface area contributed by atoms with Gasteiger partial charge >= 0.3 is 0 Å². The van der Waals surface area contributed by atoms with Gasteiger partial charge in [0.1, 0.15) is 0 Å². The lowest BCUT2D eigenvalue weighted by molar-refractivity contribution is 0.174. The minimum absolute atomic E-state index is 0.312. The molecule has 0 fully saturated rings. The molecule has 0 atom stereocenters. The number of nitrogens with zero attached hydrogens (tertiary/aromatic N) is 3. The molecule has 7 nitrogen and oxygen atoms in total. The predicted octanol–water partition coefficient (Wildman–Crippen LogP) is 1.41. The normalized spacial score (nSPS) is 13.1. The number of fused-ring (bicyclic) bond motifs is 1. The van der Waals surface area contributed by atoms with Gasteiger partial charge in [0, 0.05) is 39.1 Å². The number of imidazole rings is 1. The number of aromatic nitrogens is 2. The van der Waals surface area contributed by atoms with Gasteiger partial charge in [0.15, 0.2) is 17.5 Å². The summed E-state index contributed by atoms with van der Waals surface area (Å²) in [6.45, 7) is 2.93. The van der Waals surface area contributed by atoms with Gasteiger partial charge in [-0.2, -0.15) is 0 Å². The number of guanidine groups is 1. The molecule has 3 rings (SSSR count). The van der Waals surface area contributed by atoms with E-state index < -0.39 is 0 Å². The minimum atomic E-state index is 0.312. The van der Waals surface area contributed by atoms with E-state index in [2.05, 4.69) is 31.2 Å². The Morgan fingerprint density at radius 3 is 2.96 bits per heavy atom. The molecule has 24 heavy (non-hydrogen) atoms. The van der Waals surface area contributed by atoms with Gasteiger partial charge in [-0.1, -0.05) is 6.07 Å². The van der Waals surface area contributed by atoms with Crippen molar-refractivity contribution >= 4 is 5.96 Å². The first-order valence-electron chi connectivity index (χ1n) is 8.14. The highest BCUT2D eigenvalue weighted by Crippen LogP contribution is 2.32. The lowest BCUT2D eigenvalue weighted by Crippen LogP contribution is -2.38. The van der Waals surface area contributed by atoms with E-state index in [0.29, 0.717) is 6.79 Å². The summed E-state index contributed by atoms with van der Waals surface area (Å²) in [5, 5.41) is 6.65. The Morgan fingerprint density at radius 2 is 2.12 bits per heavy atom. The summed E-state index contributed by atoms with van der Waals surface area (Å²) in [5.41, 5.74) is 1.21. The molecule has 0 radical (unpaired) electrons. The molecule has 0 saturated carbocycles. The number of rotatable bonds is 7. The summed E-state index contributed by atoms with van der Waals surface area (Å²) < 4.78 is 12.8. The molecular formula is C17H23N5O2. The fraction of sp³-hybridized carbons (Fsp3) is 0.412. The van der Waals surface area contributed by atoms with Gasteiger partial charge in [-0.3, -0.25) is 4.99 Å². The number of hydrogen-bond acceptors (Lipinski definition) is 4. The van der Waals surface area contributed by atoms with Crippen molar-refractivity contribution in [2.24, 2.45) is 4.99 Å². The number of benzene rings is 1. The number of aliphatic imine (C=N–C) groups is 1. The zero-order valence-corrected chi connectivity index (χ0v) is 13.9. The number of hydrogen-bond donors (Lipinski definition) is 2. The second-order valence-corrected chi connectivity index (χ2v) is 5.52. The lowest BCUT2D eigenvalue weighted by Gasteiger charge is -2.12. The van der Waals surface area contributed by atoms with Crippen LogP contribution in [-0.4, -0.2) is 42.4 Å². The molecule has 1 aromatic heterocycles. The summed E-state index contributed by atoms with van der Waals surface area (Å²) in [6.07, 6.45) is 7.51. The van der Waals surface area contributed by atoms with Gasteiger partial charge in [-0.25, -0.2) is 4.98 Å². The smallest absolute Gasteiger partial charge is 0.231 e. The zero-order valence-electron chi connectivity index (χ0n) is 13.9. The number of ether oxygens (including phenoxy) is 2. The predicted molar refractivity (Wildman–Crippen MR) is 92.5 cm³/mol. The maximum Gasteiger partial charge on any atom is 0.231 e. The Kier molecular flexibility index (Phi) is 5.55. The number of nitrogens with one attached hydrogen (secondary N) is 2. The molecule has 0 unspecified atom stereocenters. The van der Waals surface area contributed by atoms with Crippen LogP contribution in [0.25, 0.3) is 0 Å². The van der Waals surface area contributed by atoms with Crippen molar-refractivity contribution in [1.82, 2.24) is 20.2 Å². The average Bonchev–Trinajstić information content (AvgIpc) is 3.27. The van der Waals surface area contributed by atoms with Crippen molar-refractivity contribution in [3.63, 3.8) is 0 Å². The van der Waals surface area contributed by atoms with E-state index in [0.717, 1.165) is 49.9 Å². The molecule has 0 spiro atoms. The lowest BCUT2D eigenvalue weighted by atomic mass is 10.1. The fourth-order valence-electron chi connectivity index (χ4n) is 2.53. The van der Waals surface area contributed by atoms with Gasteiger partial charge in [0.05, 0.1) is 6.33 Å². The highest BCUT2D eigenvalue weighted by molar-refractivity contribution is 5.79. The van der Waals surface area contributed by atoms with Gasteiger partial charge in [-0.05, 0) is 30.5 Å². The van der Waals surface area contributed by atoms with Crippen LogP contribution in [0.4, 0.5) is 0 Å². The van der Waals surface area contributed by atoms with Crippen molar-refractivity contribution in [2.75, 3.05) is 26.9 Å². The molecule has 1 aromatic carbocycles. The summed E-state index contributed by atoms with van der Waals surface area (Å²) in [7, 11) is 1.78. The molecule has 7 heteroatoms. The van der Waals surface area contributed by atoms with Gasteiger partial charge in [0.2, 0.25) is 6.79 Å². The third kappa shape index (κ3) is 4.41. The Labute approximate surface area is 141 Å². The molecule has 1 aliphatic heterocycles. The van der Waals surface area contributed by atoms with E-state index in [4.69, 9.17) is 9.47 Å². The van der Waals surface area contributed by atoms with Crippen molar-refractivity contribution in [1.29, 1.82) is 0 Å². The maximum atomic E-state index is 5.40. The van der Waals surface area contributed by atoms with E-state index in [1.165, 1.54) is 5.56 Å². The van der Waals surface area contributed by atoms with Crippen LogP contribution in [0.3, 0.4) is 0 Å². The largest absolute Gasteiger partial charge is 0.454 e. The van der Waals surface area contributed by atoms with Crippen LogP contribution in [0.2, 0.25) is 0 Å². The topological polar surface area (TPSA) is 72.7 Å². The highest BCUT2D eigenvalue weighted by atomic mass is 16.7. The fourth-order valence-corrected chi connectivity index (χ4v) is 2.53. The van der Waals surface area contributed by atoms with E-state index in [9.17, 15) is 0 Å². The first-order chi connectivity index (χ1) is 11.8. The van der Waals surface area contributed by atoms with Crippen LogP contribution in [0.5, 0.6) is 11.5 Å². The molecule has 0 aliphatic carbocycles. The summed E-state index contributed by atoms with van der Waals surface area (Å²) in [5.74, 6) is 2.47. The Balaban J connectivity index is 1.35. The molecule has 128 valence electrons. The SMILES string of the molecule is CN=C(NCCCn1ccnc1)NCCc1ccc2c(c1)OCO2. The Bertz CT molecular complexity index is 670. The summed E-state index contributed by atoms with van der Waals surface area (Å²) in [6, 6.07) is 6.06. The van der Waals surface area contributed by atoms with E-state index in [1.807, 2.05) is 24.7 Å². The molecule has 0 bridgehead atoms. The second kappa shape index (κ2) is 8.24. The molecular weight excluding hydrogens is 306 g/mol. The molecule has 0 saturated heterocycles. The monoisotopic (exact) mass is 329 g/mol.